The van der Waals surface area contributed by atoms with Crippen molar-refractivity contribution in [3.63, 3.8) is 0 Å². The van der Waals surface area contributed by atoms with Crippen molar-refractivity contribution in [2.45, 2.75) is 411 Å². The van der Waals surface area contributed by atoms with E-state index in [1.807, 2.05) is 0 Å². The Hall–Kier alpha value is 0. The predicted octanol–water partition coefficient (Wildman–Crippen LogP) is 28.7. The van der Waals surface area contributed by atoms with Gasteiger partial charge in [0.15, 0.2) is 0 Å². The van der Waals surface area contributed by atoms with Gasteiger partial charge in [0.25, 0.3) is 0 Å². The van der Waals surface area contributed by atoms with E-state index < -0.39 is 0 Å². The van der Waals surface area contributed by atoms with E-state index in [9.17, 15) is 0 Å². The van der Waals surface area contributed by atoms with E-state index in [4.69, 9.17) is 0 Å². The second-order valence-corrected chi connectivity index (χ2v) is 41.5. The number of hydrogen-bond acceptors (Lipinski definition) is 0. The molecule has 16 aliphatic rings. The van der Waals surface area contributed by atoms with Crippen molar-refractivity contribution < 1.29 is 0 Å². The maximum Gasteiger partial charge on any atom is -0.0386 e. The molecular formula is C94H158. The van der Waals surface area contributed by atoms with Crippen LogP contribution in [0.4, 0.5) is 0 Å². The summed E-state index contributed by atoms with van der Waals surface area (Å²) in [5.41, 5.74) is 0. The van der Waals surface area contributed by atoms with Crippen LogP contribution in [0.25, 0.3) is 0 Å². The Morgan fingerprint density at radius 1 is 0.0532 bits per heavy atom. The van der Waals surface area contributed by atoms with Gasteiger partial charge in [0.2, 0.25) is 0 Å². The van der Waals surface area contributed by atoms with E-state index in [1.54, 1.807) is 411 Å². The first-order valence-electron chi connectivity index (χ1n) is 46.5. The predicted molar refractivity (Wildman–Crippen MR) is 400 cm³/mol. The van der Waals surface area contributed by atoms with Crippen LogP contribution >= 0.6 is 0 Å². The van der Waals surface area contributed by atoms with Crippen LogP contribution in [0.1, 0.15) is 411 Å². The molecule has 0 radical (unpaired) electrons. The maximum absolute atomic E-state index is 1.62. The topological polar surface area (TPSA) is 0 Å². The second-order valence-electron chi connectivity index (χ2n) is 41.5. The normalized spacial score (nSPS) is 49.7. The third-order valence-electron chi connectivity index (χ3n) is 38.2. The molecule has 0 N–H and O–H groups in total. The molecule has 0 heteroatoms. The minimum atomic E-state index is 1.10. The summed E-state index contributed by atoms with van der Waals surface area (Å²) < 4.78 is 0. The van der Waals surface area contributed by atoms with Crippen LogP contribution in [0.2, 0.25) is 0 Å². The summed E-state index contributed by atoms with van der Waals surface area (Å²) >= 11 is 0. The zero-order valence-corrected chi connectivity index (χ0v) is 62.6. The standard InChI is InChI=1S/C94H158/c1-2-6-65(5-1)67-9-13-69(14-10-67)71-17-21-73(22-18-71)75-25-29-77(30-26-75)79-33-37-81(38-34-79)83-41-45-85(46-42-83)87-49-53-89(54-50-87)91-57-61-93(62-58-91)94-63-59-92(60-64-94)90-55-51-88(52-56-90)86-47-43-84(44-48-86)82-39-35-80(36-40-82)78-31-27-76(28-32-78)74-23-19-72(20-24-74)70-15-11-68(12-16-70)66-7-3-4-8-66/h65-94H,1-64H2. The largest absolute Gasteiger partial charge is 0.0530 e. The molecule has 16 saturated carbocycles. The van der Waals surface area contributed by atoms with Crippen LogP contribution in [0, 0.1) is 178 Å². The number of hydrogen-bond donors (Lipinski definition) is 0. The summed E-state index contributed by atoms with van der Waals surface area (Å²) in [6.45, 7) is 0. The minimum absolute atomic E-state index is 1.10. The fraction of sp³-hybridized carbons (Fsp3) is 1.00. The van der Waals surface area contributed by atoms with E-state index in [1.165, 1.54) is 0 Å². The molecule has 0 atom stereocenters. The van der Waals surface area contributed by atoms with Crippen molar-refractivity contribution in [2.75, 3.05) is 0 Å². The van der Waals surface area contributed by atoms with Gasteiger partial charge >= 0.3 is 0 Å². The molecule has 534 valence electrons. The number of rotatable bonds is 15. The highest BCUT2D eigenvalue weighted by Crippen LogP contribution is 2.57. The van der Waals surface area contributed by atoms with Crippen LogP contribution < -0.4 is 0 Å². The highest BCUT2D eigenvalue weighted by atomic mass is 14.5. The van der Waals surface area contributed by atoms with Crippen LogP contribution in [0.15, 0.2) is 0 Å². The second kappa shape index (κ2) is 33.2. The highest BCUT2D eigenvalue weighted by Gasteiger charge is 2.45. The molecule has 16 fully saturated rings. The summed E-state index contributed by atoms with van der Waals surface area (Å²) in [7, 11) is 0. The van der Waals surface area contributed by atoms with E-state index in [0.717, 1.165) is 178 Å². The lowest BCUT2D eigenvalue weighted by Gasteiger charge is -2.45. The molecule has 0 heterocycles. The third kappa shape index (κ3) is 16.6. The first-order chi connectivity index (χ1) is 46.5. The molecule has 94 heavy (non-hydrogen) atoms. The van der Waals surface area contributed by atoms with Gasteiger partial charge in [-0.25, -0.2) is 0 Å². The van der Waals surface area contributed by atoms with Crippen molar-refractivity contribution in [2.24, 2.45) is 178 Å². The molecule has 16 rings (SSSR count). The van der Waals surface area contributed by atoms with Crippen LogP contribution in [-0.4, -0.2) is 0 Å². The third-order valence-corrected chi connectivity index (χ3v) is 38.2. The molecule has 0 unspecified atom stereocenters. The summed E-state index contributed by atoms with van der Waals surface area (Å²) in [6.07, 6.45) is 103. The zero-order chi connectivity index (χ0) is 62.6. The average molecular weight is 1290 g/mol. The summed E-state index contributed by atoms with van der Waals surface area (Å²) in [5, 5.41) is 0. The molecule has 0 aromatic heterocycles. The fourth-order valence-electron chi connectivity index (χ4n) is 32.1. The van der Waals surface area contributed by atoms with Crippen molar-refractivity contribution in [1.29, 1.82) is 0 Å². The van der Waals surface area contributed by atoms with Gasteiger partial charge in [-0.3, -0.25) is 0 Å². The van der Waals surface area contributed by atoms with Crippen molar-refractivity contribution in [1.82, 2.24) is 0 Å². The summed E-state index contributed by atoms with van der Waals surface area (Å²) in [5.74, 6) is 33.2. The Morgan fingerprint density at radius 2 is 0.0957 bits per heavy atom. The monoisotopic (exact) mass is 1290 g/mol. The molecule has 0 nitrogen and oxygen atoms in total. The van der Waals surface area contributed by atoms with Gasteiger partial charge in [0.05, 0.1) is 0 Å². The van der Waals surface area contributed by atoms with E-state index in [-0.39, 0.29) is 0 Å². The smallest absolute Gasteiger partial charge is 0.0386 e. The Labute approximate surface area is 585 Å². The summed E-state index contributed by atoms with van der Waals surface area (Å²) in [6, 6.07) is 0. The van der Waals surface area contributed by atoms with Gasteiger partial charge in [0, 0.05) is 0 Å². The molecule has 0 amide bonds. The van der Waals surface area contributed by atoms with Crippen LogP contribution in [-0.2, 0) is 0 Å². The Kier molecular flexibility index (Phi) is 24.2. The first-order valence-corrected chi connectivity index (χ1v) is 46.5. The van der Waals surface area contributed by atoms with Crippen LogP contribution in [0.5, 0.6) is 0 Å². The highest BCUT2D eigenvalue weighted by molar-refractivity contribution is 4.96. The first kappa shape index (κ1) is 68.4. The van der Waals surface area contributed by atoms with E-state index in [0.29, 0.717) is 0 Å². The summed E-state index contributed by atoms with van der Waals surface area (Å²) in [4.78, 5) is 0. The lowest BCUT2D eigenvalue weighted by molar-refractivity contribution is 0.0578. The van der Waals surface area contributed by atoms with E-state index >= 15 is 0 Å². The quantitative estimate of drug-likeness (QED) is 0.153. The van der Waals surface area contributed by atoms with Gasteiger partial charge in [0.1, 0.15) is 0 Å². The lowest BCUT2D eigenvalue weighted by Crippen LogP contribution is -2.34. The van der Waals surface area contributed by atoms with Gasteiger partial charge in [-0.1, -0.05) is 51.4 Å². The fourth-order valence-corrected chi connectivity index (χ4v) is 32.1. The molecular weight excluding hydrogens is 1130 g/mol. The van der Waals surface area contributed by atoms with Gasteiger partial charge < -0.3 is 0 Å². The zero-order valence-electron chi connectivity index (χ0n) is 62.6. The molecule has 0 saturated heterocycles. The molecule has 0 spiro atoms. The SMILES string of the molecule is C1CCC(C2CCC(C3CCC(C4CCC(C5CCC(C6CCC(C7CCC(C8CCC(C9CCC(C%10CCC(C%11CCC(C%12CCC(C%13CCC(C%14CCC(C%15CCC(C%16CCCC%16)CC%15)CC%14)CC%13)CC%12)CC%11)CC%10)CC9)CC8)CC7)CC6)CC5)CC4)CC3)CC2)C1. The molecule has 0 aromatic carbocycles. The van der Waals surface area contributed by atoms with E-state index in [2.05, 4.69) is 0 Å². The van der Waals surface area contributed by atoms with Crippen molar-refractivity contribution >= 4 is 0 Å². The Morgan fingerprint density at radius 3 is 0.149 bits per heavy atom. The minimum Gasteiger partial charge on any atom is -0.0530 e. The average Bonchev–Trinajstić information content (AvgIpc) is 1.92. The molecule has 16 aliphatic carbocycles. The maximum atomic E-state index is 1.62. The van der Waals surface area contributed by atoms with Gasteiger partial charge in [-0.05, 0) is 537 Å². The molecule has 0 bridgehead atoms. The van der Waals surface area contributed by atoms with Gasteiger partial charge in [-0.2, -0.15) is 0 Å². The molecule has 0 aromatic rings. The lowest BCUT2D eigenvalue weighted by atomic mass is 9.60. The van der Waals surface area contributed by atoms with Crippen LogP contribution in [0.3, 0.4) is 0 Å². The van der Waals surface area contributed by atoms with Crippen molar-refractivity contribution in [3.05, 3.63) is 0 Å². The Bertz CT molecular complexity index is 1960. The Balaban J connectivity index is 0.373. The molecule has 0 aliphatic heterocycles. The van der Waals surface area contributed by atoms with Gasteiger partial charge in [-0.15, -0.1) is 0 Å². The van der Waals surface area contributed by atoms with Crippen molar-refractivity contribution in [3.8, 4) is 0 Å².